The molecule has 0 bridgehead atoms. The van der Waals surface area contributed by atoms with Gasteiger partial charge in [0.15, 0.2) is 11.6 Å². The molecule has 0 aliphatic heterocycles. The van der Waals surface area contributed by atoms with E-state index in [1.54, 1.807) is 0 Å². The van der Waals surface area contributed by atoms with Crippen LogP contribution in [0.15, 0.2) is 84.9 Å². The van der Waals surface area contributed by atoms with Crippen LogP contribution >= 0.6 is 0 Å². The van der Waals surface area contributed by atoms with Crippen LogP contribution in [-0.2, 0) is 0 Å². The first-order valence-electron chi connectivity index (χ1n) is 11.3. The van der Waals surface area contributed by atoms with Crippen molar-refractivity contribution in [1.82, 2.24) is 29.5 Å². The Bertz CT molecular complexity index is 1720. The molecule has 162 valence electrons. The summed E-state index contributed by atoms with van der Waals surface area (Å²) in [6.07, 6.45) is 0. The Morgan fingerprint density at radius 1 is 0.441 bits per heavy atom. The maximum atomic E-state index is 4.57. The molecule has 4 aromatic heterocycles. The van der Waals surface area contributed by atoms with E-state index in [1.807, 2.05) is 38.1 Å². The van der Waals surface area contributed by atoms with Crippen LogP contribution in [0, 0.1) is 13.8 Å². The number of hydrogen-bond donors (Lipinski definition) is 0. The molecule has 0 amide bonds. The van der Waals surface area contributed by atoms with Crippen molar-refractivity contribution in [3.63, 3.8) is 0 Å². The van der Waals surface area contributed by atoms with E-state index in [9.17, 15) is 0 Å². The summed E-state index contributed by atoms with van der Waals surface area (Å²) >= 11 is 0. The lowest BCUT2D eigenvalue weighted by atomic mass is 10.1. The number of hydrogen-bond acceptors (Lipinski definition) is 4. The zero-order chi connectivity index (χ0) is 22.8. The monoisotopic (exact) mass is 440 g/mol. The highest BCUT2D eigenvalue weighted by atomic mass is 15.2. The first-order chi connectivity index (χ1) is 16.7. The van der Waals surface area contributed by atoms with Crippen molar-refractivity contribution in [2.75, 3.05) is 0 Å². The van der Waals surface area contributed by atoms with E-state index >= 15 is 0 Å². The van der Waals surface area contributed by atoms with Gasteiger partial charge in [0.2, 0.25) is 0 Å². The van der Waals surface area contributed by atoms with Gasteiger partial charge in [-0.2, -0.15) is 10.2 Å². The first kappa shape index (κ1) is 18.9. The van der Waals surface area contributed by atoms with Gasteiger partial charge < -0.3 is 0 Å². The van der Waals surface area contributed by atoms with Crippen molar-refractivity contribution in [3.8, 4) is 11.6 Å². The van der Waals surface area contributed by atoms with Crippen molar-refractivity contribution in [3.05, 3.63) is 96.3 Å². The zero-order valence-electron chi connectivity index (χ0n) is 18.8. The zero-order valence-corrected chi connectivity index (χ0v) is 18.8. The van der Waals surface area contributed by atoms with Crippen molar-refractivity contribution >= 4 is 43.6 Å². The molecule has 0 radical (unpaired) electrons. The molecule has 0 fully saturated rings. The van der Waals surface area contributed by atoms with Gasteiger partial charge in [0.25, 0.3) is 0 Å². The molecule has 0 aliphatic carbocycles. The maximum Gasteiger partial charge on any atom is 0.160 e. The third kappa shape index (κ3) is 2.56. The van der Waals surface area contributed by atoms with Crippen LogP contribution in [0.5, 0.6) is 0 Å². The highest BCUT2D eigenvalue weighted by Crippen LogP contribution is 2.40. The van der Waals surface area contributed by atoms with Crippen LogP contribution in [0.1, 0.15) is 11.4 Å². The van der Waals surface area contributed by atoms with E-state index in [-0.39, 0.29) is 0 Å². The minimum absolute atomic E-state index is 0.788. The minimum Gasteiger partial charge on any atom is -0.290 e. The molecular formula is C28H20N6. The lowest BCUT2D eigenvalue weighted by Gasteiger charge is -2.10. The normalized spacial score (nSPS) is 11.8. The first-order valence-corrected chi connectivity index (χ1v) is 11.3. The van der Waals surface area contributed by atoms with Gasteiger partial charge >= 0.3 is 0 Å². The van der Waals surface area contributed by atoms with Crippen molar-refractivity contribution in [1.29, 1.82) is 0 Å². The second-order valence-electron chi connectivity index (χ2n) is 8.63. The van der Waals surface area contributed by atoms with Crippen LogP contribution in [0.4, 0.5) is 0 Å². The van der Waals surface area contributed by atoms with Gasteiger partial charge in [-0.3, -0.25) is 9.13 Å². The topological polar surface area (TPSA) is 61.4 Å². The molecular weight excluding hydrogens is 420 g/mol. The molecule has 0 aliphatic rings. The average molecular weight is 441 g/mol. The lowest BCUT2D eigenvalue weighted by molar-refractivity contribution is 0.915. The Hall–Kier alpha value is -4.58. The van der Waals surface area contributed by atoms with Crippen LogP contribution in [0.25, 0.3) is 55.2 Å². The summed E-state index contributed by atoms with van der Waals surface area (Å²) in [6, 6.07) is 29.4. The third-order valence-electron chi connectivity index (χ3n) is 6.49. The quantitative estimate of drug-likeness (QED) is 0.327. The average Bonchev–Trinajstić information content (AvgIpc) is 3.38. The molecule has 0 N–H and O–H groups in total. The number of rotatable bonds is 2. The summed E-state index contributed by atoms with van der Waals surface area (Å²) < 4.78 is 4.44. The molecule has 0 atom stereocenters. The van der Waals surface area contributed by atoms with Crippen LogP contribution in [-0.4, -0.2) is 29.5 Å². The van der Waals surface area contributed by atoms with Gasteiger partial charge in [-0.05, 0) is 50.2 Å². The molecule has 3 aromatic carbocycles. The molecule has 4 heterocycles. The number of para-hydroxylation sites is 2. The molecule has 6 heteroatoms. The van der Waals surface area contributed by atoms with Gasteiger partial charge in [-0.1, -0.05) is 48.5 Å². The Morgan fingerprint density at radius 2 is 0.882 bits per heavy atom. The van der Waals surface area contributed by atoms with Crippen molar-refractivity contribution < 1.29 is 0 Å². The Balaban J connectivity index is 1.76. The fourth-order valence-electron chi connectivity index (χ4n) is 5.00. The van der Waals surface area contributed by atoms with Crippen LogP contribution in [0.2, 0.25) is 0 Å². The van der Waals surface area contributed by atoms with E-state index < -0.39 is 0 Å². The molecule has 7 rings (SSSR count). The highest BCUT2D eigenvalue weighted by Gasteiger charge is 2.21. The predicted molar refractivity (Wildman–Crippen MR) is 136 cm³/mol. The van der Waals surface area contributed by atoms with Gasteiger partial charge in [0.05, 0.1) is 33.5 Å². The van der Waals surface area contributed by atoms with Crippen molar-refractivity contribution in [2.24, 2.45) is 0 Å². The van der Waals surface area contributed by atoms with E-state index in [0.29, 0.717) is 0 Å². The number of benzene rings is 3. The summed E-state index contributed by atoms with van der Waals surface area (Å²) in [6.45, 7) is 3.91. The van der Waals surface area contributed by atoms with E-state index in [1.165, 1.54) is 10.8 Å². The largest absolute Gasteiger partial charge is 0.290 e. The van der Waals surface area contributed by atoms with Gasteiger partial charge in [-0.25, -0.2) is 0 Å². The Morgan fingerprint density at radius 3 is 1.29 bits per heavy atom. The summed E-state index contributed by atoms with van der Waals surface area (Å²) in [5.41, 5.74) is 6.12. The van der Waals surface area contributed by atoms with E-state index in [4.69, 9.17) is 0 Å². The number of aryl methyl sites for hydroxylation is 2. The molecule has 0 unspecified atom stereocenters. The third-order valence-corrected chi connectivity index (χ3v) is 6.49. The fourth-order valence-corrected chi connectivity index (χ4v) is 5.00. The SMILES string of the molecule is Cc1ccc(-n2c3ccccc3c3ccc4c5ccccc5n(-c5ccc(C)nn5)c4c32)nn1. The van der Waals surface area contributed by atoms with Crippen LogP contribution in [0.3, 0.4) is 0 Å². The molecule has 0 saturated heterocycles. The number of nitrogens with zero attached hydrogens (tertiary/aromatic N) is 6. The molecule has 34 heavy (non-hydrogen) atoms. The molecule has 6 nitrogen and oxygen atoms in total. The molecule has 0 spiro atoms. The Kier molecular flexibility index (Phi) is 3.88. The predicted octanol–water partition coefficient (Wildman–Crippen LogP) is 6.08. The second-order valence-corrected chi connectivity index (χ2v) is 8.63. The minimum atomic E-state index is 0.788. The lowest BCUT2D eigenvalue weighted by Crippen LogP contribution is -2.03. The fraction of sp³-hybridized carbons (Fsp3) is 0.0714. The number of fused-ring (bicyclic) bond motifs is 7. The summed E-state index contributed by atoms with van der Waals surface area (Å²) in [5, 5.41) is 22.5. The standard InChI is InChI=1S/C28H20N6/c1-17-11-15-25(31-29-17)33-23-9-5-3-7-19(23)21-13-14-22-20-8-4-6-10-24(20)34(28(22)27(21)33)26-16-12-18(2)30-32-26/h3-16H,1-2H3. The maximum absolute atomic E-state index is 4.57. The summed E-state index contributed by atoms with van der Waals surface area (Å²) in [7, 11) is 0. The highest BCUT2D eigenvalue weighted by molar-refractivity contribution is 6.23. The molecule has 0 saturated carbocycles. The van der Waals surface area contributed by atoms with Crippen molar-refractivity contribution in [2.45, 2.75) is 13.8 Å². The van der Waals surface area contributed by atoms with Gasteiger partial charge in [0, 0.05) is 21.5 Å². The second kappa shape index (κ2) is 6.96. The Labute approximate surface area is 195 Å². The van der Waals surface area contributed by atoms with E-state index in [0.717, 1.165) is 55.9 Å². The summed E-state index contributed by atoms with van der Waals surface area (Å²) in [4.78, 5) is 0. The van der Waals surface area contributed by atoms with E-state index in [2.05, 4.69) is 90.2 Å². The van der Waals surface area contributed by atoms with Gasteiger partial charge in [-0.15, -0.1) is 10.2 Å². The number of aromatic nitrogens is 6. The summed E-state index contributed by atoms with van der Waals surface area (Å²) in [5.74, 6) is 1.58. The smallest absolute Gasteiger partial charge is 0.160 e. The van der Waals surface area contributed by atoms with Crippen LogP contribution < -0.4 is 0 Å². The molecule has 7 aromatic rings. The van der Waals surface area contributed by atoms with Gasteiger partial charge in [0.1, 0.15) is 0 Å².